The van der Waals surface area contributed by atoms with Crippen LogP contribution in [0.4, 0.5) is 0 Å². The van der Waals surface area contributed by atoms with Crippen molar-refractivity contribution in [1.29, 1.82) is 0 Å². The molecule has 0 aromatic carbocycles. The molecule has 0 aromatic heterocycles. The molecule has 92 valence electrons. The molecule has 16 heavy (non-hydrogen) atoms. The Morgan fingerprint density at radius 2 is 2.00 bits per heavy atom. The number of rotatable bonds is 2. The van der Waals surface area contributed by atoms with Crippen LogP contribution in [-0.4, -0.2) is 11.9 Å². The van der Waals surface area contributed by atoms with Crippen molar-refractivity contribution < 1.29 is 4.79 Å². The fraction of sp³-hybridized carbons (Fsp3) is 0.929. The van der Waals surface area contributed by atoms with E-state index in [0.29, 0.717) is 29.2 Å². The molecular formula is C14H25NO. The molecule has 0 spiro atoms. The van der Waals surface area contributed by atoms with Crippen LogP contribution in [0.15, 0.2) is 0 Å². The summed E-state index contributed by atoms with van der Waals surface area (Å²) in [6, 6.07) is 0.440. The van der Waals surface area contributed by atoms with Crippen molar-refractivity contribution in [1.82, 2.24) is 5.32 Å². The van der Waals surface area contributed by atoms with Crippen molar-refractivity contribution in [2.75, 3.05) is 0 Å². The third-order valence-corrected chi connectivity index (χ3v) is 4.51. The Hall–Kier alpha value is -0.530. The fourth-order valence-electron chi connectivity index (χ4n) is 3.40. The lowest BCUT2D eigenvalue weighted by Crippen LogP contribution is -2.38. The second kappa shape index (κ2) is 4.38. The molecule has 2 fully saturated rings. The molecule has 0 saturated heterocycles. The molecule has 2 saturated carbocycles. The quantitative estimate of drug-likeness (QED) is 0.765. The van der Waals surface area contributed by atoms with E-state index in [1.54, 1.807) is 0 Å². The number of hydrogen-bond acceptors (Lipinski definition) is 1. The van der Waals surface area contributed by atoms with E-state index in [1.807, 2.05) is 0 Å². The normalized spacial score (nSPS) is 37.6. The van der Waals surface area contributed by atoms with Crippen LogP contribution in [0.3, 0.4) is 0 Å². The predicted molar refractivity (Wildman–Crippen MR) is 66.1 cm³/mol. The summed E-state index contributed by atoms with van der Waals surface area (Å²) in [6.07, 6.45) is 7.13. The van der Waals surface area contributed by atoms with Crippen molar-refractivity contribution >= 4 is 5.91 Å². The van der Waals surface area contributed by atoms with E-state index in [-0.39, 0.29) is 0 Å². The minimum Gasteiger partial charge on any atom is -0.353 e. The molecular weight excluding hydrogens is 198 g/mol. The molecule has 0 radical (unpaired) electrons. The molecule has 3 atom stereocenters. The Balaban J connectivity index is 1.84. The highest BCUT2D eigenvalue weighted by Gasteiger charge is 2.35. The summed E-state index contributed by atoms with van der Waals surface area (Å²) in [4.78, 5) is 12.1. The first-order chi connectivity index (χ1) is 7.48. The van der Waals surface area contributed by atoms with E-state index in [1.165, 1.54) is 25.7 Å². The SMILES string of the molecule is CC1CCCC1C(=O)NC1CCC(C)(C)C1. The topological polar surface area (TPSA) is 29.1 Å². The highest BCUT2D eigenvalue weighted by atomic mass is 16.2. The summed E-state index contributed by atoms with van der Waals surface area (Å²) >= 11 is 0. The summed E-state index contributed by atoms with van der Waals surface area (Å²) in [6.45, 7) is 6.82. The largest absolute Gasteiger partial charge is 0.353 e. The number of amides is 1. The molecule has 0 heterocycles. The molecule has 2 aliphatic rings. The third kappa shape index (κ3) is 2.58. The lowest BCUT2D eigenvalue weighted by molar-refractivity contribution is -0.126. The highest BCUT2D eigenvalue weighted by Crippen LogP contribution is 2.38. The average Bonchev–Trinajstić information content (AvgIpc) is 2.72. The van der Waals surface area contributed by atoms with E-state index in [2.05, 4.69) is 26.1 Å². The van der Waals surface area contributed by atoms with Crippen LogP contribution in [0.2, 0.25) is 0 Å². The molecule has 1 N–H and O–H groups in total. The Morgan fingerprint density at radius 1 is 1.25 bits per heavy atom. The van der Waals surface area contributed by atoms with Crippen LogP contribution < -0.4 is 5.32 Å². The third-order valence-electron chi connectivity index (χ3n) is 4.51. The van der Waals surface area contributed by atoms with Crippen LogP contribution in [-0.2, 0) is 4.79 Å². The minimum absolute atomic E-state index is 0.295. The van der Waals surface area contributed by atoms with Gasteiger partial charge in [-0.05, 0) is 43.4 Å². The van der Waals surface area contributed by atoms with Gasteiger partial charge in [0.2, 0.25) is 5.91 Å². The Kier molecular flexibility index (Phi) is 3.27. The zero-order valence-corrected chi connectivity index (χ0v) is 10.9. The number of carbonyl (C=O) groups is 1. The van der Waals surface area contributed by atoms with Gasteiger partial charge in [-0.2, -0.15) is 0 Å². The minimum atomic E-state index is 0.295. The molecule has 0 aliphatic heterocycles. The van der Waals surface area contributed by atoms with Crippen molar-refractivity contribution in [2.24, 2.45) is 17.3 Å². The Morgan fingerprint density at radius 3 is 2.50 bits per heavy atom. The van der Waals surface area contributed by atoms with E-state index < -0.39 is 0 Å². The van der Waals surface area contributed by atoms with Crippen LogP contribution in [0.5, 0.6) is 0 Å². The highest BCUT2D eigenvalue weighted by molar-refractivity contribution is 5.79. The monoisotopic (exact) mass is 223 g/mol. The lowest BCUT2D eigenvalue weighted by atomic mass is 9.91. The molecule has 3 unspecified atom stereocenters. The summed E-state index contributed by atoms with van der Waals surface area (Å²) in [5, 5.41) is 3.27. The van der Waals surface area contributed by atoms with Crippen LogP contribution in [0.1, 0.15) is 59.3 Å². The van der Waals surface area contributed by atoms with Gasteiger partial charge in [0.25, 0.3) is 0 Å². The first kappa shape index (κ1) is 11.9. The second-order valence-electron chi connectivity index (χ2n) is 6.63. The van der Waals surface area contributed by atoms with Gasteiger partial charge in [0, 0.05) is 12.0 Å². The Labute approximate surface area is 99.2 Å². The maximum atomic E-state index is 12.1. The van der Waals surface area contributed by atoms with Crippen LogP contribution in [0.25, 0.3) is 0 Å². The smallest absolute Gasteiger partial charge is 0.223 e. The first-order valence-corrected chi connectivity index (χ1v) is 6.78. The average molecular weight is 223 g/mol. The van der Waals surface area contributed by atoms with Crippen LogP contribution in [0, 0.1) is 17.3 Å². The zero-order chi connectivity index (χ0) is 11.8. The molecule has 0 bridgehead atoms. The molecule has 0 aromatic rings. The van der Waals surface area contributed by atoms with Gasteiger partial charge in [0.05, 0.1) is 0 Å². The van der Waals surface area contributed by atoms with Gasteiger partial charge in [-0.3, -0.25) is 4.79 Å². The van der Waals surface area contributed by atoms with Gasteiger partial charge in [-0.15, -0.1) is 0 Å². The van der Waals surface area contributed by atoms with E-state index in [0.717, 1.165) is 12.8 Å². The van der Waals surface area contributed by atoms with E-state index in [9.17, 15) is 4.79 Å². The van der Waals surface area contributed by atoms with E-state index >= 15 is 0 Å². The maximum Gasteiger partial charge on any atom is 0.223 e. The molecule has 2 heteroatoms. The van der Waals surface area contributed by atoms with Crippen LogP contribution >= 0.6 is 0 Å². The van der Waals surface area contributed by atoms with Crippen molar-refractivity contribution in [2.45, 2.75) is 65.3 Å². The van der Waals surface area contributed by atoms with Gasteiger partial charge < -0.3 is 5.32 Å². The molecule has 2 nitrogen and oxygen atoms in total. The Bertz CT molecular complexity index is 272. The lowest BCUT2D eigenvalue weighted by Gasteiger charge is -2.21. The molecule has 2 rings (SSSR count). The standard InChI is InChI=1S/C14H25NO/c1-10-5-4-6-12(10)13(16)15-11-7-8-14(2,3)9-11/h10-12H,4-9H2,1-3H3,(H,15,16). The number of nitrogens with one attached hydrogen (secondary N) is 1. The van der Waals surface area contributed by atoms with Gasteiger partial charge in [-0.1, -0.05) is 27.2 Å². The van der Waals surface area contributed by atoms with E-state index in [4.69, 9.17) is 0 Å². The fourth-order valence-corrected chi connectivity index (χ4v) is 3.40. The summed E-state index contributed by atoms with van der Waals surface area (Å²) < 4.78 is 0. The van der Waals surface area contributed by atoms with Crippen molar-refractivity contribution in [3.05, 3.63) is 0 Å². The second-order valence-corrected chi connectivity index (χ2v) is 6.63. The summed E-state index contributed by atoms with van der Waals surface area (Å²) in [5.41, 5.74) is 0.430. The van der Waals surface area contributed by atoms with Gasteiger partial charge in [0.1, 0.15) is 0 Å². The van der Waals surface area contributed by atoms with Crippen molar-refractivity contribution in [3.8, 4) is 0 Å². The number of hydrogen-bond donors (Lipinski definition) is 1. The summed E-state index contributed by atoms with van der Waals surface area (Å²) in [7, 11) is 0. The van der Waals surface area contributed by atoms with Gasteiger partial charge >= 0.3 is 0 Å². The molecule has 1 amide bonds. The van der Waals surface area contributed by atoms with Gasteiger partial charge in [-0.25, -0.2) is 0 Å². The first-order valence-electron chi connectivity index (χ1n) is 6.78. The van der Waals surface area contributed by atoms with Gasteiger partial charge in [0.15, 0.2) is 0 Å². The van der Waals surface area contributed by atoms with Crippen molar-refractivity contribution in [3.63, 3.8) is 0 Å². The maximum absolute atomic E-state index is 12.1. The summed E-state index contributed by atoms with van der Waals surface area (Å²) in [5.74, 6) is 1.21. The zero-order valence-electron chi connectivity index (χ0n) is 10.9. The predicted octanol–water partition coefficient (Wildman–Crippen LogP) is 3.12. The molecule has 2 aliphatic carbocycles. The number of carbonyl (C=O) groups excluding carboxylic acids is 1.